The molecule has 10 heteroatoms. The monoisotopic (exact) mass is 346 g/mol. The molecule has 0 aliphatic rings. The molecule has 0 saturated heterocycles. The molecule has 23 heavy (non-hydrogen) atoms. The molecular weight excluding hydrogens is 337 g/mol. The van der Waals surface area contributed by atoms with Crippen LogP contribution in [0.4, 0.5) is 18.9 Å². The van der Waals surface area contributed by atoms with Crippen LogP contribution in [-0.4, -0.2) is 21.6 Å². The quantitative estimate of drug-likeness (QED) is 0.890. The van der Waals surface area contributed by atoms with Crippen molar-refractivity contribution < 1.29 is 22.8 Å². The fourth-order valence-corrected chi connectivity index (χ4v) is 1.97. The van der Waals surface area contributed by atoms with Gasteiger partial charge in [0.25, 0.3) is 5.91 Å². The second kappa shape index (κ2) is 6.29. The molecule has 2 aromatic rings. The second-order valence-corrected chi connectivity index (χ2v) is 4.94. The van der Waals surface area contributed by atoms with Crippen molar-refractivity contribution in [3.8, 4) is 0 Å². The van der Waals surface area contributed by atoms with Crippen molar-refractivity contribution in [2.24, 2.45) is 5.73 Å². The molecule has 0 saturated carbocycles. The van der Waals surface area contributed by atoms with Gasteiger partial charge in [0.2, 0.25) is 5.91 Å². The molecule has 1 heterocycles. The molecule has 1 aromatic carbocycles. The van der Waals surface area contributed by atoms with E-state index in [2.05, 4.69) is 10.4 Å². The maximum absolute atomic E-state index is 12.7. The van der Waals surface area contributed by atoms with Gasteiger partial charge in [0.1, 0.15) is 6.54 Å². The van der Waals surface area contributed by atoms with Crippen molar-refractivity contribution in [2.75, 3.05) is 5.32 Å². The average molecular weight is 347 g/mol. The van der Waals surface area contributed by atoms with Gasteiger partial charge in [-0.3, -0.25) is 14.3 Å². The number of anilines is 1. The summed E-state index contributed by atoms with van der Waals surface area (Å²) in [6.45, 7) is -0.294. The van der Waals surface area contributed by atoms with E-state index >= 15 is 0 Å². The summed E-state index contributed by atoms with van der Waals surface area (Å²) < 4.78 is 39.3. The van der Waals surface area contributed by atoms with Crippen LogP contribution in [-0.2, 0) is 17.5 Å². The van der Waals surface area contributed by atoms with Crippen LogP contribution in [0, 0.1) is 0 Å². The molecule has 1 aromatic heterocycles. The first-order valence-electron chi connectivity index (χ1n) is 6.15. The number of nitrogens with zero attached hydrogens (tertiary/aromatic N) is 2. The van der Waals surface area contributed by atoms with Gasteiger partial charge in [0.15, 0.2) is 0 Å². The van der Waals surface area contributed by atoms with Crippen molar-refractivity contribution in [1.29, 1.82) is 0 Å². The number of hydrogen-bond donors (Lipinski definition) is 2. The van der Waals surface area contributed by atoms with Gasteiger partial charge in [-0.2, -0.15) is 18.3 Å². The summed E-state index contributed by atoms with van der Waals surface area (Å²) in [6.07, 6.45) is -2.19. The van der Waals surface area contributed by atoms with Crippen LogP contribution in [0.3, 0.4) is 0 Å². The Labute approximate surface area is 133 Å². The summed E-state index contributed by atoms with van der Waals surface area (Å²) in [5.41, 5.74) is 4.05. The number of rotatable bonds is 4. The third-order valence-electron chi connectivity index (χ3n) is 2.78. The lowest BCUT2D eigenvalue weighted by Crippen LogP contribution is -2.19. The van der Waals surface area contributed by atoms with E-state index in [-0.39, 0.29) is 17.8 Å². The number of aromatic nitrogens is 2. The summed E-state index contributed by atoms with van der Waals surface area (Å²) in [5.74, 6) is -1.33. The van der Waals surface area contributed by atoms with Gasteiger partial charge < -0.3 is 11.1 Å². The predicted octanol–water partition coefficient (Wildman–Crippen LogP) is 2.29. The van der Waals surface area contributed by atoms with Crippen molar-refractivity contribution in [2.45, 2.75) is 12.7 Å². The number of benzene rings is 1. The summed E-state index contributed by atoms with van der Waals surface area (Å²) >= 11 is 5.49. The molecule has 0 bridgehead atoms. The van der Waals surface area contributed by atoms with Gasteiger partial charge in [0.05, 0.1) is 22.3 Å². The molecule has 0 aliphatic carbocycles. The number of alkyl halides is 3. The molecule has 122 valence electrons. The number of hydrogen-bond acceptors (Lipinski definition) is 3. The van der Waals surface area contributed by atoms with E-state index < -0.39 is 28.6 Å². The van der Waals surface area contributed by atoms with Crippen LogP contribution in [0.25, 0.3) is 0 Å². The van der Waals surface area contributed by atoms with Gasteiger partial charge in [-0.15, -0.1) is 0 Å². The highest BCUT2D eigenvalue weighted by molar-refractivity contribution is 6.31. The largest absolute Gasteiger partial charge is 0.417 e. The fourth-order valence-electron chi connectivity index (χ4n) is 1.75. The van der Waals surface area contributed by atoms with Gasteiger partial charge in [-0.25, -0.2) is 0 Å². The Morgan fingerprint density at radius 3 is 2.61 bits per heavy atom. The molecule has 0 unspecified atom stereocenters. The number of nitrogens with one attached hydrogen (secondary N) is 1. The fraction of sp³-hybridized carbons (Fsp3) is 0.154. The Hall–Kier alpha value is -2.55. The summed E-state index contributed by atoms with van der Waals surface area (Å²) in [4.78, 5) is 22.7. The van der Waals surface area contributed by atoms with Crippen LogP contribution in [0.1, 0.15) is 15.9 Å². The van der Waals surface area contributed by atoms with E-state index in [4.69, 9.17) is 17.3 Å². The van der Waals surface area contributed by atoms with Crippen molar-refractivity contribution in [1.82, 2.24) is 9.78 Å². The van der Waals surface area contributed by atoms with Gasteiger partial charge in [0, 0.05) is 11.9 Å². The first kappa shape index (κ1) is 16.8. The Morgan fingerprint density at radius 1 is 1.35 bits per heavy atom. The average Bonchev–Trinajstić information content (AvgIpc) is 2.88. The molecule has 0 atom stereocenters. The highest BCUT2D eigenvalue weighted by Gasteiger charge is 2.33. The number of halogens is 4. The highest BCUT2D eigenvalue weighted by atomic mass is 35.5. The van der Waals surface area contributed by atoms with Gasteiger partial charge in [-0.05, 0) is 18.2 Å². The number of nitrogens with two attached hydrogens (primary N) is 1. The molecule has 0 spiro atoms. The molecule has 0 radical (unpaired) electrons. The molecule has 6 nitrogen and oxygen atoms in total. The summed E-state index contributed by atoms with van der Waals surface area (Å²) in [7, 11) is 0. The molecule has 0 fully saturated rings. The lowest BCUT2D eigenvalue weighted by atomic mass is 10.2. The lowest BCUT2D eigenvalue weighted by molar-refractivity contribution is -0.137. The van der Waals surface area contributed by atoms with Crippen molar-refractivity contribution in [3.63, 3.8) is 0 Å². The zero-order valence-electron chi connectivity index (χ0n) is 11.4. The van der Waals surface area contributed by atoms with Crippen LogP contribution < -0.4 is 11.1 Å². The SMILES string of the molecule is NC(=O)c1cnn(CC(=O)Nc2ccc(Cl)c(C(F)(F)F)c2)c1. The minimum atomic E-state index is -4.63. The third kappa shape index (κ3) is 4.22. The van der Waals surface area contributed by atoms with E-state index in [1.165, 1.54) is 18.5 Å². The third-order valence-corrected chi connectivity index (χ3v) is 3.11. The maximum atomic E-state index is 12.7. The number of amides is 2. The van der Waals surface area contributed by atoms with E-state index in [1.807, 2.05) is 0 Å². The highest BCUT2D eigenvalue weighted by Crippen LogP contribution is 2.36. The van der Waals surface area contributed by atoms with Crippen molar-refractivity contribution >= 4 is 29.1 Å². The standard InChI is InChI=1S/C13H10ClF3N4O2/c14-10-2-1-8(3-9(10)13(15,16)17)20-11(22)6-21-5-7(4-19-21)12(18)23/h1-5H,6H2,(H2,18,23)(H,20,22). The van der Waals surface area contributed by atoms with E-state index in [0.717, 1.165) is 16.8 Å². The maximum Gasteiger partial charge on any atom is 0.417 e. The summed E-state index contributed by atoms with van der Waals surface area (Å²) in [5, 5.41) is 5.57. The van der Waals surface area contributed by atoms with Crippen LogP contribution >= 0.6 is 11.6 Å². The lowest BCUT2D eigenvalue weighted by Gasteiger charge is -2.11. The predicted molar refractivity (Wildman–Crippen MR) is 75.8 cm³/mol. The van der Waals surface area contributed by atoms with Gasteiger partial charge in [-0.1, -0.05) is 11.6 Å². The zero-order valence-corrected chi connectivity index (χ0v) is 12.1. The van der Waals surface area contributed by atoms with E-state index in [0.29, 0.717) is 0 Å². The molecule has 3 N–H and O–H groups in total. The Morgan fingerprint density at radius 2 is 2.04 bits per heavy atom. The van der Waals surface area contributed by atoms with Crippen LogP contribution in [0.5, 0.6) is 0 Å². The number of primary amides is 1. The van der Waals surface area contributed by atoms with E-state index in [1.54, 1.807) is 0 Å². The smallest absolute Gasteiger partial charge is 0.366 e. The van der Waals surface area contributed by atoms with Crippen molar-refractivity contribution in [3.05, 3.63) is 46.7 Å². The molecule has 0 aliphatic heterocycles. The Kier molecular flexibility index (Phi) is 4.60. The molecule has 2 amide bonds. The second-order valence-electron chi connectivity index (χ2n) is 4.53. The Bertz CT molecular complexity index is 758. The normalized spacial score (nSPS) is 11.3. The first-order valence-corrected chi connectivity index (χ1v) is 6.53. The minimum Gasteiger partial charge on any atom is -0.366 e. The minimum absolute atomic E-state index is 0.0611. The number of carbonyl (C=O) groups excluding carboxylic acids is 2. The summed E-state index contributed by atoms with van der Waals surface area (Å²) in [6, 6.07) is 3.02. The zero-order chi connectivity index (χ0) is 17.2. The van der Waals surface area contributed by atoms with E-state index in [9.17, 15) is 22.8 Å². The molecule has 2 rings (SSSR count). The topological polar surface area (TPSA) is 90.0 Å². The van der Waals surface area contributed by atoms with Gasteiger partial charge >= 0.3 is 6.18 Å². The molecular formula is C13H10ClF3N4O2. The number of carbonyl (C=O) groups is 2. The Balaban J connectivity index is 2.09. The first-order chi connectivity index (χ1) is 10.7. The van der Waals surface area contributed by atoms with Crippen LogP contribution in [0.2, 0.25) is 5.02 Å². The van der Waals surface area contributed by atoms with Crippen LogP contribution in [0.15, 0.2) is 30.6 Å².